The first kappa shape index (κ1) is 6.54. The average Bonchev–Trinajstić information content (AvgIpc) is 1.88. The van der Waals surface area contributed by atoms with Gasteiger partial charge in [0.15, 0.2) is 5.57 Å². The summed E-state index contributed by atoms with van der Waals surface area (Å²) in [6.45, 7) is 0. The second-order valence-electron chi connectivity index (χ2n) is 1.74. The summed E-state index contributed by atoms with van der Waals surface area (Å²) in [6, 6.07) is 0. The number of carboxylic acid groups (broad SMARTS) is 1. The molecule has 0 fully saturated rings. The molecule has 0 bridgehead atoms. The molecule has 0 aromatic rings. The lowest BCUT2D eigenvalue weighted by molar-refractivity contribution is -0.132. The predicted octanol–water partition coefficient (Wildman–Crippen LogP) is -0.782. The molecule has 0 atom stereocenters. The summed E-state index contributed by atoms with van der Waals surface area (Å²) < 4.78 is 0. The van der Waals surface area contributed by atoms with Crippen LogP contribution in [0.5, 0.6) is 0 Å². The Bertz CT molecular complexity index is 250. The number of hydrogen-bond acceptors (Lipinski definition) is 3. The Morgan fingerprint density at radius 3 is 2.80 bits per heavy atom. The van der Waals surface area contributed by atoms with Gasteiger partial charge in [0, 0.05) is 0 Å². The highest BCUT2D eigenvalue weighted by molar-refractivity contribution is 6.17. The van der Waals surface area contributed by atoms with E-state index in [2.05, 4.69) is 4.99 Å². The lowest BCUT2D eigenvalue weighted by Gasteiger charge is -1.92. The van der Waals surface area contributed by atoms with E-state index in [0.717, 1.165) is 0 Å². The maximum Gasteiger partial charge on any atom is 0.344 e. The van der Waals surface area contributed by atoms with Gasteiger partial charge in [-0.2, -0.15) is 0 Å². The molecule has 0 saturated heterocycles. The van der Waals surface area contributed by atoms with Crippen molar-refractivity contribution in [1.29, 1.82) is 0 Å². The molecule has 1 heterocycles. The normalized spacial score (nSPS) is 16.0. The lowest BCUT2D eigenvalue weighted by atomic mass is 10.2. The maximum absolute atomic E-state index is 10.3. The number of nitrogens with two attached hydrogens (primary N) is 1. The van der Waals surface area contributed by atoms with Gasteiger partial charge in [-0.05, 0) is 17.1 Å². The number of nitrogens with zero attached hydrogens (tertiary/aromatic N) is 1. The molecule has 1 aliphatic rings. The van der Waals surface area contributed by atoms with Crippen molar-refractivity contribution in [3.63, 3.8) is 0 Å². The first-order valence-corrected chi connectivity index (χ1v) is 2.65. The van der Waals surface area contributed by atoms with Crippen LogP contribution in [0.3, 0.4) is 0 Å². The Hall–Kier alpha value is -1.58. The van der Waals surface area contributed by atoms with Crippen molar-refractivity contribution in [1.82, 2.24) is 4.99 Å². The van der Waals surface area contributed by atoms with E-state index in [0.29, 0.717) is 0 Å². The number of carbonyl (C=O) groups is 1. The molecular weight excluding hydrogens is 132 g/mol. The zero-order valence-electron chi connectivity index (χ0n) is 5.11. The summed E-state index contributed by atoms with van der Waals surface area (Å²) in [4.78, 5) is 13.9. The summed E-state index contributed by atoms with van der Waals surface area (Å²) in [5.74, 6) is -0.999. The molecule has 4 heteroatoms. The van der Waals surface area contributed by atoms with Crippen LogP contribution in [0.1, 0.15) is 0 Å². The Balaban J connectivity index is 2.98. The monoisotopic (exact) mass is 138 g/mol. The van der Waals surface area contributed by atoms with Crippen molar-refractivity contribution in [2.75, 3.05) is 0 Å². The van der Waals surface area contributed by atoms with Gasteiger partial charge >= 0.3 is 11.8 Å². The van der Waals surface area contributed by atoms with E-state index in [4.69, 9.17) is 10.8 Å². The molecule has 1 radical (unpaired) electrons. The SMILES string of the molecule is NC1=[N+]C=CC=C1C(=O)O. The highest BCUT2D eigenvalue weighted by atomic mass is 16.4. The van der Waals surface area contributed by atoms with Crippen LogP contribution in [0, 0.1) is 0 Å². The molecule has 4 nitrogen and oxygen atoms in total. The second kappa shape index (κ2) is 2.34. The summed E-state index contributed by atoms with van der Waals surface area (Å²) in [5, 5.41) is 8.45. The number of amidine groups is 1. The first-order valence-electron chi connectivity index (χ1n) is 2.65. The smallest absolute Gasteiger partial charge is 0.344 e. The number of aliphatic imine (C=N–C) groups is 1. The van der Waals surface area contributed by atoms with Crippen LogP contribution in [0.2, 0.25) is 0 Å². The quantitative estimate of drug-likeness (QED) is 0.498. The molecule has 0 aromatic heterocycles. The van der Waals surface area contributed by atoms with E-state index >= 15 is 0 Å². The third-order valence-electron chi connectivity index (χ3n) is 1.07. The van der Waals surface area contributed by atoms with Gasteiger partial charge in [0.05, 0.1) is 0 Å². The molecule has 1 aliphatic heterocycles. The fraction of sp³-hybridized carbons (Fsp3) is 0. The van der Waals surface area contributed by atoms with Gasteiger partial charge in [-0.3, -0.25) is 5.73 Å². The molecule has 10 heavy (non-hydrogen) atoms. The molecule has 0 spiro atoms. The van der Waals surface area contributed by atoms with Crippen LogP contribution in [0.25, 0.3) is 0 Å². The van der Waals surface area contributed by atoms with Gasteiger partial charge in [0.25, 0.3) is 0 Å². The van der Waals surface area contributed by atoms with E-state index in [1.807, 2.05) is 0 Å². The van der Waals surface area contributed by atoms with Gasteiger partial charge < -0.3 is 5.11 Å². The van der Waals surface area contributed by atoms with Crippen LogP contribution < -0.4 is 10.7 Å². The predicted molar refractivity (Wildman–Crippen MR) is 36.2 cm³/mol. The highest BCUT2D eigenvalue weighted by Crippen LogP contribution is 1.96. The highest BCUT2D eigenvalue weighted by Gasteiger charge is 2.18. The summed E-state index contributed by atoms with van der Waals surface area (Å²) in [5.41, 5.74) is 5.27. The van der Waals surface area contributed by atoms with Crippen molar-refractivity contribution in [3.8, 4) is 0 Å². The number of allylic oxidation sites excluding steroid dienone is 2. The topological polar surface area (TPSA) is 77.4 Å². The zero-order valence-corrected chi connectivity index (χ0v) is 5.11. The fourth-order valence-corrected chi connectivity index (χ4v) is 0.598. The average molecular weight is 138 g/mol. The molecule has 3 N–H and O–H groups in total. The number of carboxylic acids is 1. The summed E-state index contributed by atoms with van der Waals surface area (Å²) in [7, 11) is 0. The number of hydrogen-bond donors (Lipinski definition) is 2. The van der Waals surface area contributed by atoms with E-state index in [1.54, 1.807) is 0 Å². The van der Waals surface area contributed by atoms with Crippen molar-refractivity contribution >= 4 is 11.8 Å². The Kier molecular flexibility index (Phi) is 1.53. The second-order valence-corrected chi connectivity index (χ2v) is 1.74. The minimum Gasteiger partial charge on any atom is -0.477 e. The van der Waals surface area contributed by atoms with Crippen molar-refractivity contribution in [3.05, 3.63) is 23.9 Å². The van der Waals surface area contributed by atoms with E-state index in [-0.39, 0.29) is 11.4 Å². The molecule has 0 unspecified atom stereocenters. The fourth-order valence-electron chi connectivity index (χ4n) is 0.598. The van der Waals surface area contributed by atoms with Crippen LogP contribution in [0.15, 0.2) is 23.9 Å². The van der Waals surface area contributed by atoms with Crippen molar-refractivity contribution in [2.45, 2.75) is 0 Å². The molecule has 0 aliphatic carbocycles. The molecular formula is C6H6N2O2+. The van der Waals surface area contributed by atoms with Crippen LogP contribution in [0.4, 0.5) is 0 Å². The molecule has 51 valence electrons. The largest absolute Gasteiger partial charge is 0.477 e. The molecule has 0 saturated carbocycles. The Morgan fingerprint density at radius 1 is 1.70 bits per heavy atom. The number of rotatable bonds is 1. The minimum atomic E-state index is -1.05. The van der Waals surface area contributed by atoms with Crippen molar-refractivity contribution in [2.24, 2.45) is 5.73 Å². The number of aliphatic carboxylic acids is 1. The molecule has 0 aromatic carbocycles. The van der Waals surface area contributed by atoms with Gasteiger partial charge in [-0.15, -0.1) is 0 Å². The lowest BCUT2D eigenvalue weighted by Crippen LogP contribution is -2.25. The van der Waals surface area contributed by atoms with Gasteiger partial charge in [-0.25, -0.2) is 4.79 Å². The van der Waals surface area contributed by atoms with Crippen molar-refractivity contribution < 1.29 is 9.90 Å². The van der Waals surface area contributed by atoms with Crippen LogP contribution in [-0.4, -0.2) is 16.9 Å². The minimum absolute atomic E-state index is 0.0440. The summed E-state index contributed by atoms with van der Waals surface area (Å²) in [6.07, 6.45) is 4.38. The molecule has 0 amide bonds. The summed E-state index contributed by atoms with van der Waals surface area (Å²) >= 11 is 0. The third kappa shape index (κ3) is 1.05. The van der Waals surface area contributed by atoms with E-state index in [1.165, 1.54) is 18.4 Å². The van der Waals surface area contributed by atoms with Crippen LogP contribution in [-0.2, 0) is 4.79 Å². The standard InChI is InChI=1S/C6H6N2O2/c7-5-4(6(9)10)2-1-3-8-5/h1-3H,7H2,(H,9,10)/q+1. The van der Waals surface area contributed by atoms with Gasteiger partial charge in [0.2, 0.25) is 0 Å². The van der Waals surface area contributed by atoms with Crippen LogP contribution >= 0.6 is 0 Å². The Morgan fingerprint density at radius 2 is 2.40 bits per heavy atom. The first-order chi connectivity index (χ1) is 4.72. The zero-order chi connectivity index (χ0) is 7.56. The van der Waals surface area contributed by atoms with E-state index < -0.39 is 5.97 Å². The molecule has 1 rings (SSSR count). The van der Waals surface area contributed by atoms with Gasteiger partial charge in [-0.1, -0.05) is 0 Å². The maximum atomic E-state index is 10.3. The van der Waals surface area contributed by atoms with E-state index in [9.17, 15) is 4.79 Å². The third-order valence-corrected chi connectivity index (χ3v) is 1.07. The Labute approximate surface area is 57.4 Å². The van der Waals surface area contributed by atoms with Gasteiger partial charge in [0.1, 0.15) is 6.20 Å².